The lowest BCUT2D eigenvalue weighted by molar-refractivity contribution is -0.127. The number of rotatable bonds is 5. The minimum absolute atomic E-state index is 0.151. The van der Waals surface area contributed by atoms with Gasteiger partial charge in [-0.3, -0.25) is 14.5 Å². The summed E-state index contributed by atoms with van der Waals surface area (Å²) in [7, 11) is 3.91. The second kappa shape index (κ2) is 8.59. The minimum Gasteiger partial charge on any atom is -0.353 e. The topological polar surface area (TPSA) is 61.9 Å². The molecule has 1 heterocycles. The van der Waals surface area contributed by atoms with Crippen molar-refractivity contribution in [2.75, 3.05) is 33.8 Å². The molecule has 1 spiro atoms. The van der Waals surface area contributed by atoms with E-state index in [4.69, 9.17) is 16.3 Å². The molecule has 0 unspecified atom stereocenters. The van der Waals surface area contributed by atoms with Gasteiger partial charge in [0.05, 0.1) is 6.61 Å². The normalized spacial score (nSPS) is 21.6. The number of ether oxygens (including phenoxy) is 1. The zero-order chi connectivity index (χ0) is 19.4. The molecule has 1 saturated carbocycles. The zero-order valence-electron chi connectivity index (χ0n) is 16.0. The Morgan fingerprint density at radius 2 is 1.89 bits per heavy atom. The molecule has 1 aromatic carbocycles. The van der Waals surface area contributed by atoms with Crippen molar-refractivity contribution in [2.45, 2.75) is 43.9 Å². The number of nitrogens with one attached hydrogen (secondary N) is 1. The van der Waals surface area contributed by atoms with E-state index in [0.717, 1.165) is 38.6 Å². The molecular weight excluding hydrogens is 366 g/mol. The molecule has 27 heavy (non-hydrogen) atoms. The van der Waals surface area contributed by atoms with Gasteiger partial charge in [0.2, 0.25) is 5.91 Å². The second-order valence-electron chi connectivity index (χ2n) is 7.61. The van der Waals surface area contributed by atoms with Crippen molar-refractivity contribution in [1.82, 2.24) is 15.1 Å². The molecular formula is C20H28ClN3O3. The molecule has 0 aromatic heterocycles. The van der Waals surface area contributed by atoms with Crippen LogP contribution < -0.4 is 5.32 Å². The largest absolute Gasteiger partial charge is 0.353 e. The maximum absolute atomic E-state index is 13.3. The fourth-order valence-electron chi connectivity index (χ4n) is 3.92. The van der Waals surface area contributed by atoms with Crippen LogP contribution in [0.5, 0.6) is 0 Å². The van der Waals surface area contributed by atoms with E-state index in [1.54, 1.807) is 29.2 Å². The molecule has 1 saturated heterocycles. The van der Waals surface area contributed by atoms with Crippen LogP contribution in [-0.2, 0) is 9.53 Å². The van der Waals surface area contributed by atoms with Gasteiger partial charge in [0.1, 0.15) is 11.8 Å². The highest BCUT2D eigenvalue weighted by Gasteiger charge is 2.52. The lowest BCUT2D eigenvalue weighted by atomic mass is 9.89. The average Bonchev–Trinajstić information content (AvgIpc) is 3.00. The zero-order valence-corrected chi connectivity index (χ0v) is 16.8. The molecule has 1 aliphatic carbocycles. The van der Waals surface area contributed by atoms with E-state index < -0.39 is 11.8 Å². The number of likely N-dealkylation sites (N-methyl/N-ethyl adjacent to an activating group) is 1. The Kier molecular flexibility index (Phi) is 6.40. The van der Waals surface area contributed by atoms with E-state index in [1.165, 1.54) is 0 Å². The van der Waals surface area contributed by atoms with Crippen LogP contribution in [0.4, 0.5) is 0 Å². The number of hydrogen-bond donors (Lipinski definition) is 1. The molecule has 0 bridgehead atoms. The average molecular weight is 394 g/mol. The van der Waals surface area contributed by atoms with Crippen LogP contribution in [-0.4, -0.2) is 67.2 Å². The van der Waals surface area contributed by atoms with Crippen molar-refractivity contribution in [2.24, 2.45) is 0 Å². The summed E-state index contributed by atoms with van der Waals surface area (Å²) < 4.78 is 6.13. The summed E-state index contributed by atoms with van der Waals surface area (Å²) in [6.45, 7) is 1.53. The van der Waals surface area contributed by atoms with Crippen molar-refractivity contribution >= 4 is 23.4 Å². The molecule has 1 atom stereocenters. The highest BCUT2D eigenvalue weighted by molar-refractivity contribution is 6.30. The van der Waals surface area contributed by atoms with Crippen LogP contribution in [0.25, 0.3) is 0 Å². The molecule has 1 aromatic rings. The fourth-order valence-corrected chi connectivity index (χ4v) is 4.05. The van der Waals surface area contributed by atoms with Crippen LogP contribution in [0.3, 0.4) is 0 Å². The summed E-state index contributed by atoms with van der Waals surface area (Å²) in [5.41, 5.74) is -0.139. The highest BCUT2D eigenvalue weighted by atomic mass is 35.5. The molecule has 2 aliphatic rings. The summed E-state index contributed by atoms with van der Waals surface area (Å²) in [6.07, 6.45) is 4.67. The van der Waals surface area contributed by atoms with E-state index in [0.29, 0.717) is 17.1 Å². The van der Waals surface area contributed by atoms with Crippen molar-refractivity contribution in [3.63, 3.8) is 0 Å². The molecule has 7 heteroatoms. The number of halogens is 1. The van der Waals surface area contributed by atoms with Crippen molar-refractivity contribution in [1.29, 1.82) is 0 Å². The summed E-state index contributed by atoms with van der Waals surface area (Å²) in [5, 5.41) is 3.53. The van der Waals surface area contributed by atoms with Gasteiger partial charge < -0.3 is 15.0 Å². The Morgan fingerprint density at radius 1 is 1.22 bits per heavy atom. The molecule has 148 valence electrons. The number of benzene rings is 1. The van der Waals surface area contributed by atoms with Gasteiger partial charge in [-0.25, -0.2) is 0 Å². The third-order valence-electron chi connectivity index (χ3n) is 5.37. The number of carbonyl (C=O) groups is 2. The first kappa shape index (κ1) is 20.1. The molecule has 1 aliphatic heterocycles. The van der Waals surface area contributed by atoms with E-state index in [9.17, 15) is 9.59 Å². The van der Waals surface area contributed by atoms with Crippen LogP contribution in [0.15, 0.2) is 24.3 Å². The number of hydrogen-bond acceptors (Lipinski definition) is 4. The molecule has 1 N–H and O–H groups in total. The number of nitrogens with zero attached hydrogens (tertiary/aromatic N) is 2. The Morgan fingerprint density at radius 3 is 2.52 bits per heavy atom. The predicted octanol–water partition coefficient (Wildman–Crippen LogP) is 2.52. The molecule has 2 fully saturated rings. The molecule has 3 rings (SSSR count). The van der Waals surface area contributed by atoms with E-state index in [-0.39, 0.29) is 18.4 Å². The summed E-state index contributed by atoms with van der Waals surface area (Å²) >= 11 is 5.96. The number of amides is 2. The lowest BCUT2D eigenvalue weighted by Crippen LogP contribution is -2.56. The molecule has 0 radical (unpaired) electrons. The fraction of sp³-hybridized carbons (Fsp3) is 0.600. The Bertz CT molecular complexity index is 672. The Hall–Kier alpha value is -1.63. The SMILES string of the molecule is CN(C)CCNC(=O)[C@@H]1COC2(CCCCC2)N1C(=O)c1ccc(Cl)cc1. The lowest BCUT2D eigenvalue weighted by Gasteiger charge is -2.41. The van der Waals surface area contributed by atoms with Crippen molar-refractivity contribution in [3.05, 3.63) is 34.9 Å². The van der Waals surface area contributed by atoms with Crippen LogP contribution >= 0.6 is 11.6 Å². The standard InChI is InChI=1S/C20H28ClN3O3/c1-23(2)13-12-22-18(25)17-14-27-20(10-4-3-5-11-20)24(17)19(26)15-6-8-16(21)9-7-15/h6-9,17H,3-5,10-14H2,1-2H3,(H,22,25)/t17-/m0/s1. The van der Waals surface area contributed by atoms with Gasteiger partial charge >= 0.3 is 0 Å². The quantitative estimate of drug-likeness (QED) is 0.835. The van der Waals surface area contributed by atoms with Crippen LogP contribution in [0, 0.1) is 0 Å². The monoisotopic (exact) mass is 393 g/mol. The first-order chi connectivity index (χ1) is 12.9. The maximum atomic E-state index is 13.3. The minimum atomic E-state index is -0.668. The van der Waals surface area contributed by atoms with E-state index in [2.05, 4.69) is 5.32 Å². The smallest absolute Gasteiger partial charge is 0.256 e. The summed E-state index contributed by atoms with van der Waals surface area (Å²) in [4.78, 5) is 29.9. The first-order valence-corrected chi connectivity index (χ1v) is 9.96. The number of carbonyl (C=O) groups excluding carboxylic acids is 2. The third kappa shape index (κ3) is 4.45. The van der Waals surface area contributed by atoms with Gasteiger partial charge in [0.25, 0.3) is 5.91 Å². The maximum Gasteiger partial charge on any atom is 0.256 e. The van der Waals surface area contributed by atoms with Gasteiger partial charge in [-0.15, -0.1) is 0 Å². The van der Waals surface area contributed by atoms with Crippen LogP contribution in [0.2, 0.25) is 5.02 Å². The van der Waals surface area contributed by atoms with Gasteiger partial charge in [0, 0.05) is 23.7 Å². The van der Waals surface area contributed by atoms with Gasteiger partial charge in [-0.05, 0) is 64.0 Å². The predicted molar refractivity (Wildman–Crippen MR) is 105 cm³/mol. The highest BCUT2D eigenvalue weighted by Crippen LogP contribution is 2.41. The second-order valence-corrected chi connectivity index (χ2v) is 8.05. The van der Waals surface area contributed by atoms with Gasteiger partial charge in [-0.1, -0.05) is 18.0 Å². The van der Waals surface area contributed by atoms with Gasteiger partial charge in [-0.2, -0.15) is 0 Å². The van der Waals surface area contributed by atoms with Crippen molar-refractivity contribution < 1.29 is 14.3 Å². The van der Waals surface area contributed by atoms with Crippen LogP contribution in [0.1, 0.15) is 42.5 Å². The summed E-state index contributed by atoms with van der Waals surface area (Å²) in [6, 6.07) is 6.21. The molecule has 6 nitrogen and oxygen atoms in total. The van der Waals surface area contributed by atoms with Crippen molar-refractivity contribution in [3.8, 4) is 0 Å². The summed E-state index contributed by atoms with van der Waals surface area (Å²) in [5.74, 6) is -0.319. The van der Waals surface area contributed by atoms with E-state index >= 15 is 0 Å². The Balaban J connectivity index is 1.83. The van der Waals surface area contributed by atoms with E-state index in [1.807, 2.05) is 19.0 Å². The third-order valence-corrected chi connectivity index (χ3v) is 5.62. The Labute approximate surface area is 165 Å². The van der Waals surface area contributed by atoms with Gasteiger partial charge in [0.15, 0.2) is 0 Å². The first-order valence-electron chi connectivity index (χ1n) is 9.59. The molecule has 2 amide bonds.